The van der Waals surface area contributed by atoms with Gasteiger partial charge in [-0.25, -0.2) is 0 Å². The first-order chi connectivity index (χ1) is 9.92. The van der Waals surface area contributed by atoms with Crippen LogP contribution in [-0.4, -0.2) is 6.54 Å². The molecule has 0 bridgehead atoms. The molecule has 0 amide bonds. The highest BCUT2D eigenvalue weighted by Gasteiger charge is 2.13. The summed E-state index contributed by atoms with van der Waals surface area (Å²) in [6.07, 6.45) is 3.72. The van der Waals surface area contributed by atoms with Crippen molar-refractivity contribution >= 4 is 22.7 Å². The van der Waals surface area contributed by atoms with Crippen LogP contribution in [-0.2, 0) is 12.8 Å². The fourth-order valence-corrected chi connectivity index (χ4v) is 3.77. The topological polar surface area (TPSA) is 25.2 Å². The summed E-state index contributed by atoms with van der Waals surface area (Å²) in [7, 11) is 0. The van der Waals surface area contributed by atoms with E-state index in [2.05, 4.69) is 40.3 Å². The summed E-state index contributed by atoms with van der Waals surface area (Å²) in [6, 6.07) is 13.0. The van der Waals surface area contributed by atoms with Gasteiger partial charge in [0.05, 0.1) is 6.26 Å². The summed E-state index contributed by atoms with van der Waals surface area (Å²) in [5, 5.41) is 7.94. The van der Waals surface area contributed by atoms with Gasteiger partial charge >= 0.3 is 0 Å². The maximum Gasteiger partial charge on any atom is 0.105 e. The predicted molar refractivity (Wildman–Crippen MR) is 85.5 cm³/mol. The molecule has 0 radical (unpaired) electrons. The Hall–Kier alpha value is -1.36. The van der Waals surface area contributed by atoms with E-state index in [1.807, 2.05) is 34.8 Å². The van der Waals surface area contributed by atoms with Crippen LogP contribution in [0, 0.1) is 0 Å². The third-order valence-electron chi connectivity index (χ3n) is 3.21. The first-order valence-electron chi connectivity index (χ1n) is 6.73. The van der Waals surface area contributed by atoms with Crippen LogP contribution in [0.3, 0.4) is 0 Å². The molecule has 3 aromatic rings. The van der Waals surface area contributed by atoms with E-state index >= 15 is 0 Å². The molecule has 1 atom stereocenters. The second-order valence-corrected chi connectivity index (χ2v) is 6.65. The Balaban J connectivity index is 1.60. The van der Waals surface area contributed by atoms with Crippen LogP contribution >= 0.6 is 22.7 Å². The number of rotatable bonds is 7. The summed E-state index contributed by atoms with van der Waals surface area (Å²) < 4.78 is 5.38. The molecular weight excluding hydrogens is 286 g/mol. The first kappa shape index (κ1) is 13.6. The van der Waals surface area contributed by atoms with Crippen LogP contribution < -0.4 is 5.32 Å². The van der Waals surface area contributed by atoms with E-state index < -0.39 is 0 Å². The molecule has 0 saturated heterocycles. The van der Waals surface area contributed by atoms with E-state index in [-0.39, 0.29) is 0 Å². The quantitative estimate of drug-likeness (QED) is 0.694. The van der Waals surface area contributed by atoms with Crippen molar-refractivity contribution in [1.82, 2.24) is 5.32 Å². The third-order valence-corrected chi connectivity index (χ3v) is 5.10. The fraction of sp³-hybridized carbons (Fsp3) is 0.250. The lowest BCUT2D eigenvalue weighted by atomic mass is 10.1. The molecule has 0 aliphatic rings. The number of hydrogen-bond acceptors (Lipinski definition) is 4. The van der Waals surface area contributed by atoms with E-state index in [0.717, 1.165) is 25.1 Å². The first-order valence-corrected chi connectivity index (χ1v) is 8.49. The van der Waals surface area contributed by atoms with Gasteiger partial charge in [0, 0.05) is 35.2 Å². The molecule has 1 unspecified atom stereocenters. The Bertz CT molecular complexity index is 585. The summed E-state index contributed by atoms with van der Waals surface area (Å²) in [5.74, 6) is 1.04. The largest absolute Gasteiger partial charge is 0.469 e. The maximum absolute atomic E-state index is 5.38. The molecular formula is C16H17NOS2. The second-order valence-electron chi connectivity index (χ2n) is 4.63. The zero-order chi connectivity index (χ0) is 13.6. The highest BCUT2D eigenvalue weighted by atomic mass is 32.1. The second kappa shape index (κ2) is 6.88. The van der Waals surface area contributed by atoms with Crippen LogP contribution in [0.2, 0.25) is 0 Å². The van der Waals surface area contributed by atoms with E-state index in [1.165, 1.54) is 9.75 Å². The van der Waals surface area contributed by atoms with E-state index in [0.29, 0.717) is 6.04 Å². The van der Waals surface area contributed by atoms with Crippen molar-refractivity contribution in [3.63, 3.8) is 0 Å². The number of nitrogens with one attached hydrogen (secondary N) is 1. The van der Waals surface area contributed by atoms with E-state index in [4.69, 9.17) is 4.42 Å². The predicted octanol–water partition coefficient (Wildman–Crippen LogP) is 4.52. The zero-order valence-corrected chi connectivity index (χ0v) is 12.8. The Morgan fingerprint density at radius 2 is 1.95 bits per heavy atom. The molecule has 0 spiro atoms. The molecule has 3 aromatic heterocycles. The van der Waals surface area contributed by atoms with Gasteiger partial charge in [-0.1, -0.05) is 12.1 Å². The van der Waals surface area contributed by atoms with Gasteiger partial charge in [-0.05, 0) is 35.0 Å². The van der Waals surface area contributed by atoms with Crippen molar-refractivity contribution in [1.29, 1.82) is 0 Å². The lowest BCUT2D eigenvalue weighted by molar-refractivity contribution is 0.479. The van der Waals surface area contributed by atoms with Gasteiger partial charge in [0.1, 0.15) is 5.76 Å². The van der Waals surface area contributed by atoms with Crippen molar-refractivity contribution < 1.29 is 4.42 Å². The van der Waals surface area contributed by atoms with Crippen LogP contribution in [0.15, 0.2) is 57.8 Å². The summed E-state index contributed by atoms with van der Waals surface area (Å²) in [6.45, 7) is 0.932. The normalized spacial score (nSPS) is 12.6. The zero-order valence-electron chi connectivity index (χ0n) is 11.1. The van der Waals surface area contributed by atoms with Crippen molar-refractivity contribution in [3.05, 3.63) is 68.9 Å². The number of hydrogen-bond donors (Lipinski definition) is 1. The lowest BCUT2D eigenvalue weighted by Gasteiger charge is -2.16. The average Bonchev–Trinajstić information content (AvgIpc) is 3.21. The Kier molecular flexibility index (Phi) is 4.69. The van der Waals surface area contributed by atoms with Crippen LogP contribution in [0.4, 0.5) is 0 Å². The molecule has 2 nitrogen and oxygen atoms in total. The summed E-state index contributed by atoms with van der Waals surface area (Å²) in [4.78, 5) is 2.83. The maximum atomic E-state index is 5.38. The molecule has 3 heterocycles. The lowest BCUT2D eigenvalue weighted by Crippen LogP contribution is -2.24. The van der Waals surface area contributed by atoms with Gasteiger partial charge in [0.25, 0.3) is 0 Å². The highest BCUT2D eigenvalue weighted by molar-refractivity contribution is 7.10. The van der Waals surface area contributed by atoms with Crippen molar-refractivity contribution in [2.75, 3.05) is 6.54 Å². The number of thiophene rings is 2. The van der Waals surface area contributed by atoms with Crippen LogP contribution in [0.25, 0.3) is 0 Å². The fourth-order valence-electron chi connectivity index (χ4n) is 2.22. The van der Waals surface area contributed by atoms with Crippen molar-refractivity contribution in [3.8, 4) is 0 Å². The smallest absolute Gasteiger partial charge is 0.105 e. The van der Waals surface area contributed by atoms with Gasteiger partial charge < -0.3 is 9.73 Å². The molecule has 0 saturated carbocycles. The van der Waals surface area contributed by atoms with E-state index in [1.54, 1.807) is 6.26 Å². The molecule has 0 aromatic carbocycles. The van der Waals surface area contributed by atoms with Gasteiger partial charge in [0.2, 0.25) is 0 Å². The van der Waals surface area contributed by atoms with Crippen LogP contribution in [0.5, 0.6) is 0 Å². The molecule has 104 valence electrons. The minimum absolute atomic E-state index is 0.392. The SMILES string of the molecule is c1coc(CCNC(Cc2cccs2)c2cccs2)c1. The van der Waals surface area contributed by atoms with Crippen molar-refractivity contribution in [2.24, 2.45) is 0 Å². The van der Waals surface area contributed by atoms with Crippen LogP contribution in [0.1, 0.15) is 21.6 Å². The summed E-state index contributed by atoms with van der Waals surface area (Å²) in [5.41, 5.74) is 0. The van der Waals surface area contributed by atoms with Gasteiger partial charge in [0.15, 0.2) is 0 Å². The third kappa shape index (κ3) is 3.60. The van der Waals surface area contributed by atoms with Crippen molar-refractivity contribution in [2.45, 2.75) is 18.9 Å². The van der Waals surface area contributed by atoms with Gasteiger partial charge in [-0.2, -0.15) is 0 Å². The minimum atomic E-state index is 0.392. The van der Waals surface area contributed by atoms with E-state index in [9.17, 15) is 0 Å². The highest BCUT2D eigenvalue weighted by Crippen LogP contribution is 2.24. The number of furan rings is 1. The molecule has 0 aliphatic carbocycles. The Morgan fingerprint density at radius 3 is 2.65 bits per heavy atom. The monoisotopic (exact) mass is 303 g/mol. The molecule has 0 fully saturated rings. The Labute approximate surface area is 127 Å². The standard InChI is InChI=1S/C16H17NOS2/c1-4-13(18-9-1)7-8-17-15(16-6-3-11-20-16)12-14-5-2-10-19-14/h1-6,9-11,15,17H,7-8,12H2. The molecule has 1 N–H and O–H groups in total. The summed E-state index contributed by atoms with van der Waals surface area (Å²) >= 11 is 3.65. The van der Waals surface area contributed by atoms with Gasteiger partial charge in [-0.15, -0.1) is 22.7 Å². The molecule has 20 heavy (non-hydrogen) atoms. The molecule has 0 aliphatic heterocycles. The molecule has 3 rings (SSSR count). The van der Waals surface area contributed by atoms with Gasteiger partial charge in [-0.3, -0.25) is 0 Å². The Morgan fingerprint density at radius 1 is 1.05 bits per heavy atom. The molecule has 4 heteroatoms. The average molecular weight is 303 g/mol. The minimum Gasteiger partial charge on any atom is -0.469 e.